The molecule has 4 rings (SSSR count). The predicted octanol–water partition coefficient (Wildman–Crippen LogP) is 2.01. The first-order chi connectivity index (χ1) is 11.2. The molecule has 2 aliphatic rings. The summed E-state index contributed by atoms with van der Waals surface area (Å²) in [5.41, 5.74) is 3.00. The SMILES string of the molecule is NOOc1ccc2c(c1)C1(OCCO1)c1cc([N+](=O)[O-])ccc1-2. The van der Waals surface area contributed by atoms with Gasteiger partial charge in [0.05, 0.1) is 18.1 Å². The predicted molar refractivity (Wildman–Crippen MR) is 77.1 cm³/mol. The van der Waals surface area contributed by atoms with Crippen LogP contribution in [0.2, 0.25) is 0 Å². The van der Waals surface area contributed by atoms with Crippen molar-refractivity contribution >= 4 is 5.69 Å². The van der Waals surface area contributed by atoms with Crippen molar-refractivity contribution in [3.63, 3.8) is 0 Å². The molecule has 0 radical (unpaired) electrons. The van der Waals surface area contributed by atoms with Gasteiger partial charge >= 0.3 is 0 Å². The maximum Gasteiger partial charge on any atom is 0.269 e. The van der Waals surface area contributed by atoms with E-state index in [9.17, 15) is 10.1 Å². The van der Waals surface area contributed by atoms with Crippen LogP contribution in [-0.2, 0) is 20.2 Å². The first-order valence-corrected chi connectivity index (χ1v) is 6.91. The van der Waals surface area contributed by atoms with E-state index in [1.54, 1.807) is 18.2 Å². The number of rotatable bonds is 3. The van der Waals surface area contributed by atoms with Crippen molar-refractivity contribution in [1.82, 2.24) is 0 Å². The number of non-ortho nitro benzene ring substituents is 1. The Labute approximate surface area is 130 Å². The normalized spacial score (nSPS) is 17.1. The molecule has 1 aliphatic heterocycles. The summed E-state index contributed by atoms with van der Waals surface area (Å²) in [6, 6.07) is 9.84. The fourth-order valence-electron chi connectivity index (χ4n) is 3.16. The molecular formula is C15H12N2O6. The summed E-state index contributed by atoms with van der Waals surface area (Å²) in [6.07, 6.45) is 0. The maximum absolute atomic E-state index is 11.1. The van der Waals surface area contributed by atoms with Crippen LogP contribution in [0, 0.1) is 10.1 Å². The van der Waals surface area contributed by atoms with Gasteiger partial charge in [-0.25, -0.2) is 0 Å². The van der Waals surface area contributed by atoms with Gasteiger partial charge in [0.1, 0.15) is 0 Å². The van der Waals surface area contributed by atoms with Crippen molar-refractivity contribution in [3.05, 3.63) is 57.6 Å². The van der Waals surface area contributed by atoms with E-state index in [1.165, 1.54) is 12.1 Å². The zero-order chi connectivity index (χ0) is 16.0. The Bertz CT molecular complexity index is 801. The molecule has 2 aromatic rings. The van der Waals surface area contributed by atoms with E-state index in [-0.39, 0.29) is 5.69 Å². The van der Waals surface area contributed by atoms with Gasteiger partial charge in [-0.15, -0.1) is 0 Å². The molecule has 1 spiro atoms. The fraction of sp³-hybridized carbons (Fsp3) is 0.200. The average molecular weight is 316 g/mol. The third kappa shape index (κ3) is 1.93. The summed E-state index contributed by atoms with van der Waals surface area (Å²) in [5, 5.41) is 11.1. The van der Waals surface area contributed by atoms with E-state index in [0.29, 0.717) is 30.1 Å². The van der Waals surface area contributed by atoms with E-state index >= 15 is 0 Å². The van der Waals surface area contributed by atoms with Gasteiger partial charge in [-0.3, -0.25) is 10.1 Å². The lowest BCUT2D eigenvalue weighted by Gasteiger charge is -2.24. The Balaban J connectivity index is 1.94. The molecule has 0 bridgehead atoms. The Hall–Kier alpha value is -2.52. The molecule has 2 aromatic carbocycles. The van der Waals surface area contributed by atoms with Crippen LogP contribution in [-0.4, -0.2) is 18.1 Å². The summed E-state index contributed by atoms with van der Waals surface area (Å²) in [7, 11) is 0. The molecule has 1 fully saturated rings. The second-order valence-corrected chi connectivity index (χ2v) is 5.19. The van der Waals surface area contributed by atoms with Crippen LogP contribution in [0.25, 0.3) is 11.1 Å². The van der Waals surface area contributed by atoms with Crippen molar-refractivity contribution in [3.8, 4) is 16.9 Å². The van der Waals surface area contributed by atoms with Gasteiger partial charge in [0, 0.05) is 23.3 Å². The molecule has 1 saturated heterocycles. The summed E-state index contributed by atoms with van der Waals surface area (Å²) in [6.45, 7) is 0.778. The van der Waals surface area contributed by atoms with Crippen LogP contribution in [0.4, 0.5) is 5.69 Å². The second kappa shape index (κ2) is 5.00. The lowest BCUT2D eigenvalue weighted by molar-refractivity contribution is -0.385. The number of hydrogen-bond donors (Lipinski definition) is 1. The Kier molecular flexibility index (Phi) is 3.06. The van der Waals surface area contributed by atoms with Crippen LogP contribution in [0.15, 0.2) is 36.4 Å². The van der Waals surface area contributed by atoms with E-state index < -0.39 is 10.7 Å². The van der Waals surface area contributed by atoms with Gasteiger partial charge in [0.2, 0.25) is 5.79 Å². The summed E-state index contributed by atoms with van der Waals surface area (Å²) < 4.78 is 11.7. The van der Waals surface area contributed by atoms with Gasteiger partial charge in [-0.05, 0) is 29.3 Å². The van der Waals surface area contributed by atoms with Gasteiger partial charge < -0.3 is 14.4 Å². The Morgan fingerprint density at radius 2 is 1.74 bits per heavy atom. The highest BCUT2D eigenvalue weighted by molar-refractivity contribution is 5.81. The lowest BCUT2D eigenvalue weighted by Crippen LogP contribution is -2.26. The van der Waals surface area contributed by atoms with Crippen LogP contribution < -0.4 is 10.8 Å². The largest absolute Gasteiger partial charge is 0.340 e. The molecule has 23 heavy (non-hydrogen) atoms. The van der Waals surface area contributed by atoms with Crippen molar-refractivity contribution in [2.75, 3.05) is 13.2 Å². The topological polar surface area (TPSA) is 106 Å². The number of benzene rings is 2. The smallest absolute Gasteiger partial charge is 0.269 e. The van der Waals surface area contributed by atoms with E-state index in [1.807, 2.05) is 6.07 Å². The van der Waals surface area contributed by atoms with Crippen LogP contribution in [0.1, 0.15) is 11.1 Å². The van der Waals surface area contributed by atoms with E-state index in [2.05, 4.69) is 4.99 Å². The second-order valence-electron chi connectivity index (χ2n) is 5.19. The zero-order valence-corrected chi connectivity index (χ0v) is 11.9. The molecule has 0 amide bonds. The molecule has 0 saturated carbocycles. The number of nitrogens with zero attached hydrogens (tertiary/aromatic N) is 1. The number of hydrogen-bond acceptors (Lipinski definition) is 7. The van der Waals surface area contributed by atoms with Gasteiger partial charge in [-0.2, -0.15) is 5.90 Å². The molecule has 0 aromatic heterocycles. The Morgan fingerprint density at radius 3 is 2.39 bits per heavy atom. The highest BCUT2D eigenvalue weighted by Gasteiger charge is 2.49. The molecule has 1 heterocycles. The number of nitrogens with two attached hydrogens (primary N) is 1. The number of fused-ring (bicyclic) bond motifs is 5. The maximum atomic E-state index is 11.1. The summed E-state index contributed by atoms with van der Waals surface area (Å²) >= 11 is 0. The first-order valence-electron chi connectivity index (χ1n) is 6.91. The molecule has 8 nitrogen and oxygen atoms in total. The van der Waals surface area contributed by atoms with Gasteiger partial charge in [-0.1, -0.05) is 11.1 Å². The monoisotopic (exact) mass is 316 g/mol. The summed E-state index contributed by atoms with van der Waals surface area (Å²) in [5.74, 6) is 4.15. The lowest BCUT2D eigenvalue weighted by atomic mass is 10.0. The summed E-state index contributed by atoms with van der Waals surface area (Å²) in [4.78, 5) is 19.7. The molecule has 0 atom stereocenters. The average Bonchev–Trinajstić information content (AvgIpc) is 3.14. The van der Waals surface area contributed by atoms with Gasteiger partial charge in [0.25, 0.3) is 5.69 Å². The standard InChI is InChI=1S/C15H12N2O6/c16-23-22-10-2-4-12-11-3-1-9(17(18)19)7-13(11)15(14(12)8-10)20-5-6-21-15/h1-4,7-8H,5-6,16H2. The number of ether oxygens (including phenoxy) is 2. The third-order valence-electron chi connectivity index (χ3n) is 4.04. The molecule has 1 aliphatic carbocycles. The number of nitro benzene ring substituents is 1. The van der Waals surface area contributed by atoms with Gasteiger partial charge in [0.15, 0.2) is 5.75 Å². The highest BCUT2D eigenvalue weighted by Crippen LogP contribution is 2.53. The van der Waals surface area contributed by atoms with Crippen LogP contribution >= 0.6 is 0 Å². The Morgan fingerprint density at radius 1 is 1.09 bits per heavy atom. The first kappa shape index (κ1) is 14.1. The van der Waals surface area contributed by atoms with Crippen molar-refractivity contribution in [2.24, 2.45) is 5.90 Å². The van der Waals surface area contributed by atoms with Crippen LogP contribution in [0.5, 0.6) is 5.75 Å². The molecule has 0 unspecified atom stereocenters. The van der Waals surface area contributed by atoms with Crippen LogP contribution in [0.3, 0.4) is 0 Å². The quantitative estimate of drug-likeness (QED) is 0.524. The minimum absolute atomic E-state index is 0.0169. The molecular weight excluding hydrogens is 304 g/mol. The van der Waals surface area contributed by atoms with E-state index in [4.69, 9.17) is 20.3 Å². The molecule has 8 heteroatoms. The zero-order valence-electron chi connectivity index (χ0n) is 11.9. The fourth-order valence-corrected chi connectivity index (χ4v) is 3.16. The van der Waals surface area contributed by atoms with Crippen molar-refractivity contribution in [1.29, 1.82) is 0 Å². The third-order valence-corrected chi connectivity index (χ3v) is 4.04. The highest BCUT2D eigenvalue weighted by atomic mass is 17.3. The van der Waals surface area contributed by atoms with Crippen molar-refractivity contribution in [2.45, 2.75) is 5.79 Å². The van der Waals surface area contributed by atoms with Crippen molar-refractivity contribution < 1.29 is 24.3 Å². The van der Waals surface area contributed by atoms with E-state index in [0.717, 1.165) is 11.1 Å². The minimum Gasteiger partial charge on any atom is -0.340 e. The molecule has 2 N–H and O–H groups in total. The minimum atomic E-state index is -1.16. The molecule has 118 valence electrons. The number of nitro groups is 1.